The molecule has 0 radical (unpaired) electrons. The van der Waals surface area contributed by atoms with Gasteiger partial charge in [-0.15, -0.1) is 5.10 Å². The quantitative estimate of drug-likeness (QED) is 0.703. The lowest BCUT2D eigenvalue weighted by molar-refractivity contribution is 0.0760. The normalized spacial score (nSPS) is 19.9. The van der Waals surface area contributed by atoms with E-state index >= 15 is 0 Å². The lowest BCUT2D eigenvalue weighted by atomic mass is 10.3. The van der Waals surface area contributed by atoms with Crippen molar-refractivity contribution >= 4 is 11.5 Å². The van der Waals surface area contributed by atoms with Gasteiger partial charge in [0.25, 0.3) is 0 Å². The molecule has 3 rings (SSSR count). The molecule has 0 amide bonds. The van der Waals surface area contributed by atoms with Crippen LogP contribution < -0.4 is 10.6 Å². The molecule has 8 nitrogen and oxygen atoms in total. The van der Waals surface area contributed by atoms with E-state index in [1.165, 1.54) is 4.52 Å². The van der Waals surface area contributed by atoms with Gasteiger partial charge in [0.05, 0.1) is 19.2 Å². The first-order valence-electron chi connectivity index (χ1n) is 5.48. The Morgan fingerprint density at radius 2 is 2.44 bits per heavy atom. The van der Waals surface area contributed by atoms with E-state index in [2.05, 4.69) is 21.4 Å². The number of nitriles is 1. The van der Waals surface area contributed by atoms with Crippen LogP contribution in [0.3, 0.4) is 0 Å². The summed E-state index contributed by atoms with van der Waals surface area (Å²) in [6.07, 6.45) is -0.461. The van der Waals surface area contributed by atoms with Crippen LogP contribution in [-0.4, -0.2) is 45.6 Å². The predicted molar refractivity (Wildman–Crippen MR) is 61.2 cm³/mol. The highest BCUT2D eigenvalue weighted by atomic mass is 16.5. The van der Waals surface area contributed by atoms with Crippen LogP contribution in [-0.2, 0) is 4.74 Å². The average Bonchev–Trinajstić information content (AvgIpc) is 2.80. The number of hydrogen-bond acceptors (Lipinski definition) is 6. The lowest BCUT2D eigenvalue weighted by Crippen LogP contribution is -2.42. The van der Waals surface area contributed by atoms with Crippen LogP contribution >= 0.6 is 0 Å². The minimum atomic E-state index is -0.461. The summed E-state index contributed by atoms with van der Waals surface area (Å²) < 4.78 is 6.46. The maximum absolute atomic E-state index is 11.4. The third-order valence-electron chi connectivity index (χ3n) is 2.79. The Bertz CT molecular complexity index is 669. The van der Waals surface area contributed by atoms with Crippen molar-refractivity contribution in [1.82, 2.24) is 19.8 Å². The topological polar surface area (TPSA) is 99.3 Å². The Morgan fingerprint density at radius 1 is 1.56 bits per heavy atom. The van der Waals surface area contributed by atoms with Gasteiger partial charge < -0.3 is 9.64 Å². The molecule has 18 heavy (non-hydrogen) atoms. The van der Waals surface area contributed by atoms with Gasteiger partial charge in [-0.25, -0.2) is 9.89 Å². The SMILES string of the molecule is N#CC1CN(c2ccc3n[nH]c(=O)n3n2)CCO1. The highest BCUT2D eigenvalue weighted by Gasteiger charge is 2.21. The summed E-state index contributed by atoms with van der Waals surface area (Å²) in [6, 6.07) is 5.55. The number of fused-ring (bicyclic) bond motifs is 1. The van der Waals surface area contributed by atoms with Gasteiger partial charge >= 0.3 is 5.69 Å². The number of morpholine rings is 1. The highest BCUT2D eigenvalue weighted by molar-refractivity contribution is 5.45. The van der Waals surface area contributed by atoms with Gasteiger partial charge in [0.1, 0.15) is 5.82 Å². The van der Waals surface area contributed by atoms with Crippen LogP contribution in [0.1, 0.15) is 0 Å². The zero-order valence-electron chi connectivity index (χ0n) is 9.41. The molecule has 0 aromatic carbocycles. The van der Waals surface area contributed by atoms with E-state index in [1.54, 1.807) is 12.1 Å². The number of H-pyrrole nitrogens is 1. The summed E-state index contributed by atoms with van der Waals surface area (Å²) in [7, 11) is 0. The Kier molecular flexibility index (Phi) is 2.46. The van der Waals surface area contributed by atoms with E-state index < -0.39 is 6.10 Å². The highest BCUT2D eigenvalue weighted by Crippen LogP contribution is 2.14. The van der Waals surface area contributed by atoms with Gasteiger partial charge in [0.15, 0.2) is 11.8 Å². The van der Waals surface area contributed by atoms with Crippen LogP contribution in [0.15, 0.2) is 16.9 Å². The van der Waals surface area contributed by atoms with Gasteiger partial charge in [-0.2, -0.15) is 14.9 Å². The second-order valence-electron chi connectivity index (χ2n) is 3.92. The molecule has 1 unspecified atom stereocenters. The Morgan fingerprint density at radius 3 is 3.28 bits per heavy atom. The van der Waals surface area contributed by atoms with E-state index in [9.17, 15) is 4.79 Å². The summed E-state index contributed by atoms with van der Waals surface area (Å²) >= 11 is 0. The largest absolute Gasteiger partial charge is 0.364 e. The summed E-state index contributed by atoms with van der Waals surface area (Å²) in [4.78, 5) is 13.3. The minimum absolute atomic E-state index is 0.378. The molecule has 8 heteroatoms. The number of anilines is 1. The smallest absolute Gasteiger partial charge is 0.360 e. The molecule has 3 heterocycles. The van der Waals surface area contributed by atoms with Crippen LogP contribution in [0, 0.1) is 11.3 Å². The van der Waals surface area contributed by atoms with Gasteiger partial charge in [-0.05, 0) is 12.1 Å². The summed E-state index contributed by atoms with van der Waals surface area (Å²) in [5.41, 5.74) is 0.0887. The molecule has 1 N–H and O–H groups in total. The first-order chi connectivity index (χ1) is 8.78. The first kappa shape index (κ1) is 10.7. The molecule has 0 spiro atoms. The molecule has 0 bridgehead atoms. The van der Waals surface area contributed by atoms with E-state index in [4.69, 9.17) is 10.00 Å². The third kappa shape index (κ3) is 1.70. The number of rotatable bonds is 1. The number of hydrogen-bond donors (Lipinski definition) is 1. The van der Waals surface area contributed by atoms with Crippen LogP contribution in [0.5, 0.6) is 0 Å². The van der Waals surface area contributed by atoms with Gasteiger partial charge in [0.2, 0.25) is 0 Å². The van der Waals surface area contributed by atoms with Crippen molar-refractivity contribution in [2.45, 2.75) is 6.10 Å². The van der Waals surface area contributed by atoms with Crippen molar-refractivity contribution in [3.63, 3.8) is 0 Å². The monoisotopic (exact) mass is 246 g/mol. The third-order valence-corrected chi connectivity index (χ3v) is 2.79. The number of ether oxygens (including phenoxy) is 1. The molecule has 1 aliphatic rings. The van der Waals surface area contributed by atoms with Crippen molar-refractivity contribution in [3.8, 4) is 6.07 Å². The van der Waals surface area contributed by atoms with Crippen molar-refractivity contribution < 1.29 is 4.74 Å². The van der Waals surface area contributed by atoms with Gasteiger partial charge in [0, 0.05) is 6.54 Å². The number of nitrogens with one attached hydrogen (secondary N) is 1. The molecular formula is C10H10N6O2. The molecule has 2 aromatic heterocycles. The van der Waals surface area contributed by atoms with E-state index in [0.717, 1.165) is 0 Å². The zero-order valence-corrected chi connectivity index (χ0v) is 9.41. The van der Waals surface area contributed by atoms with Crippen LogP contribution in [0.4, 0.5) is 5.82 Å². The fourth-order valence-electron chi connectivity index (χ4n) is 1.90. The minimum Gasteiger partial charge on any atom is -0.360 e. The molecule has 92 valence electrons. The van der Waals surface area contributed by atoms with E-state index in [0.29, 0.717) is 31.2 Å². The molecule has 1 aliphatic heterocycles. The molecule has 0 aliphatic carbocycles. The Balaban J connectivity index is 1.96. The molecule has 1 saturated heterocycles. The van der Waals surface area contributed by atoms with Gasteiger partial charge in [-0.1, -0.05) is 0 Å². The van der Waals surface area contributed by atoms with E-state index in [-0.39, 0.29) is 5.69 Å². The summed E-state index contributed by atoms with van der Waals surface area (Å²) in [6.45, 7) is 1.56. The average molecular weight is 246 g/mol. The van der Waals surface area contributed by atoms with E-state index in [1.807, 2.05) is 4.90 Å². The molecular weight excluding hydrogens is 236 g/mol. The standard InChI is InChI=1S/C10H10N6O2/c11-5-7-6-15(3-4-18-7)9-2-1-8-12-13-10(17)16(8)14-9/h1-2,7H,3-4,6H2,(H,13,17). The summed E-state index contributed by atoms with van der Waals surface area (Å²) in [5.74, 6) is 0.634. The number of aromatic nitrogens is 4. The maximum atomic E-state index is 11.4. The molecule has 1 atom stereocenters. The molecule has 2 aromatic rings. The van der Waals surface area contributed by atoms with Crippen LogP contribution in [0.25, 0.3) is 5.65 Å². The number of nitrogens with zero attached hydrogens (tertiary/aromatic N) is 5. The second-order valence-corrected chi connectivity index (χ2v) is 3.92. The van der Waals surface area contributed by atoms with Crippen LogP contribution in [0.2, 0.25) is 0 Å². The van der Waals surface area contributed by atoms with Gasteiger partial charge in [-0.3, -0.25) is 0 Å². The Labute approximate surface area is 101 Å². The Hall–Kier alpha value is -2.40. The maximum Gasteiger partial charge on any atom is 0.364 e. The first-order valence-corrected chi connectivity index (χ1v) is 5.48. The number of aromatic amines is 1. The van der Waals surface area contributed by atoms with Crippen molar-refractivity contribution in [2.75, 3.05) is 24.6 Å². The molecule has 1 fully saturated rings. The van der Waals surface area contributed by atoms with Crippen molar-refractivity contribution in [2.24, 2.45) is 0 Å². The second kappa shape index (κ2) is 4.12. The van der Waals surface area contributed by atoms with Crippen molar-refractivity contribution in [1.29, 1.82) is 5.26 Å². The fraction of sp³-hybridized carbons (Fsp3) is 0.400. The zero-order chi connectivity index (χ0) is 12.5. The summed E-state index contributed by atoms with van der Waals surface area (Å²) in [5, 5.41) is 19.2. The lowest BCUT2D eigenvalue weighted by Gasteiger charge is -2.30. The fourth-order valence-corrected chi connectivity index (χ4v) is 1.90. The molecule has 0 saturated carbocycles. The van der Waals surface area contributed by atoms with Crippen molar-refractivity contribution in [3.05, 3.63) is 22.6 Å². The predicted octanol–water partition coefficient (Wildman–Crippen LogP) is -0.854.